The molecule has 76 valence electrons. The molecule has 0 radical (unpaired) electrons. The van der Waals surface area contributed by atoms with E-state index in [2.05, 4.69) is 4.98 Å². The number of hydrogen-bond acceptors (Lipinski definition) is 4. The molecule has 1 aromatic heterocycles. The zero-order chi connectivity index (χ0) is 9.97. The van der Waals surface area contributed by atoms with Crippen molar-refractivity contribution in [3.63, 3.8) is 0 Å². The summed E-state index contributed by atoms with van der Waals surface area (Å²) < 4.78 is 0. The minimum atomic E-state index is -0.00836. The maximum absolute atomic E-state index is 10.9. The number of carbonyl (C=O) groups is 1. The third kappa shape index (κ3) is 1.91. The quantitative estimate of drug-likeness (QED) is 0.732. The van der Waals surface area contributed by atoms with Crippen molar-refractivity contribution in [3.05, 3.63) is 10.5 Å². The van der Waals surface area contributed by atoms with Crippen LogP contribution in [0.4, 0.5) is 5.13 Å². The van der Waals surface area contributed by atoms with Gasteiger partial charge in [-0.2, -0.15) is 0 Å². The number of aromatic nitrogens is 1. The summed E-state index contributed by atoms with van der Waals surface area (Å²) in [6.45, 7) is 0.910. The van der Waals surface area contributed by atoms with E-state index in [1.807, 2.05) is 4.90 Å². The van der Waals surface area contributed by atoms with Crippen molar-refractivity contribution >= 4 is 34.4 Å². The van der Waals surface area contributed by atoms with Gasteiger partial charge in [-0.15, -0.1) is 11.3 Å². The van der Waals surface area contributed by atoms with Gasteiger partial charge in [0.15, 0.2) is 5.13 Å². The molecular weight excluding hydrogens is 220 g/mol. The van der Waals surface area contributed by atoms with E-state index in [1.165, 1.54) is 11.3 Å². The molecule has 1 aliphatic heterocycles. The Kier molecular flexibility index (Phi) is 3.03. The van der Waals surface area contributed by atoms with Crippen LogP contribution in [0.3, 0.4) is 0 Å². The maximum Gasteiger partial charge on any atom is 0.187 e. The molecule has 2 rings (SSSR count). The molecule has 0 amide bonds. The summed E-state index contributed by atoms with van der Waals surface area (Å²) in [5.74, 6) is 0. The Bertz CT molecular complexity index is 328. The van der Waals surface area contributed by atoms with E-state index in [1.54, 1.807) is 5.38 Å². The molecule has 1 atom stereocenters. The van der Waals surface area contributed by atoms with Crippen molar-refractivity contribution in [2.75, 3.05) is 11.4 Å². The highest BCUT2D eigenvalue weighted by Crippen LogP contribution is 2.28. The van der Waals surface area contributed by atoms with E-state index in [-0.39, 0.29) is 6.04 Å². The average Bonchev–Trinajstić information content (AvgIpc) is 2.65. The van der Waals surface area contributed by atoms with Gasteiger partial charge in [-0.3, -0.25) is 0 Å². The van der Waals surface area contributed by atoms with E-state index in [0.29, 0.717) is 5.15 Å². The second kappa shape index (κ2) is 4.28. The highest BCUT2D eigenvalue weighted by atomic mass is 35.5. The number of thiazole rings is 1. The summed E-state index contributed by atoms with van der Waals surface area (Å²) in [6, 6.07) is -0.00836. The molecule has 1 aromatic rings. The molecule has 0 saturated carbocycles. The van der Waals surface area contributed by atoms with Crippen LogP contribution >= 0.6 is 22.9 Å². The fourth-order valence-corrected chi connectivity index (χ4v) is 2.75. The summed E-state index contributed by atoms with van der Waals surface area (Å²) in [7, 11) is 0. The number of piperidine rings is 1. The molecule has 1 saturated heterocycles. The molecule has 1 unspecified atom stereocenters. The molecule has 2 heterocycles. The highest BCUT2D eigenvalue weighted by molar-refractivity contribution is 7.14. The smallest absolute Gasteiger partial charge is 0.187 e. The third-order valence-electron chi connectivity index (χ3n) is 2.42. The Hall–Kier alpha value is -0.610. The lowest BCUT2D eigenvalue weighted by Gasteiger charge is -2.31. The van der Waals surface area contributed by atoms with Gasteiger partial charge in [-0.1, -0.05) is 11.6 Å². The number of nitrogens with zero attached hydrogens (tertiary/aromatic N) is 2. The van der Waals surface area contributed by atoms with Crippen LogP contribution in [0.2, 0.25) is 5.15 Å². The highest BCUT2D eigenvalue weighted by Gasteiger charge is 2.23. The van der Waals surface area contributed by atoms with Crippen LogP contribution in [-0.2, 0) is 4.79 Å². The Balaban J connectivity index is 2.18. The van der Waals surface area contributed by atoms with Crippen LogP contribution < -0.4 is 4.90 Å². The molecule has 0 spiro atoms. The zero-order valence-corrected chi connectivity index (χ0v) is 9.22. The van der Waals surface area contributed by atoms with Gasteiger partial charge in [0.1, 0.15) is 11.4 Å². The number of rotatable bonds is 2. The van der Waals surface area contributed by atoms with Crippen LogP contribution in [0, 0.1) is 0 Å². The Morgan fingerprint density at radius 3 is 3.14 bits per heavy atom. The minimum absolute atomic E-state index is 0.00836. The van der Waals surface area contributed by atoms with Gasteiger partial charge in [-0.05, 0) is 19.3 Å². The summed E-state index contributed by atoms with van der Waals surface area (Å²) in [5.41, 5.74) is 0. The van der Waals surface area contributed by atoms with Crippen molar-refractivity contribution in [2.24, 2.45) is 0 Å². The lowest BCUT2D eigenvalue weighted by Crippen LogP contribution is -2.40. The number of halogens is 1. The first-order valence-electron chi connectivity index (χ1n) is 4.64. The second-order valence-corrected chi connectivity index (χ2v) is 4.57. The first-order valence-corrected chi connectivity index (χ1v) is 5.90. The monoisotopic (exact) mass is 230 g/mol. The Labute approximate surface area is 91.7 Å². The molecule has 3 nitrogen and oxygen atoms in total. The molecule has 14 heavy (non-hydrogen) atoms. The van der Waals surface area contributed by atoms with Gasteiger partial charge in [0.05, 0.1) is 6.04 Å². The normalized spacial score (nSPS) is 22.4. The van der Waals surface area contributed by atoms with Crippen LogP contribution in [0.1, 0.15) is 19.3 Å². The fraction of sp³-hybridized carbons (Fsp3) is 0.556. The predicted molar refractivity (Wildman–Crippen MR) is 58.2 cm³/mol. The van der Waals surface area contributed by atoms with Crippen LogP contribution in [-0.4, -0.2) is 23.9 Å². The van der Waals surface area contributed by atoms with E-state index in [4.69, 9.17) is 11.6 Å². The predicted octanol–water partition coefficient (Wildman–Crippen LogP) is 2.35. The second-order valence-electron chi connectivity index (χ2n) is 3.35. The molecule has 0 bridgehead atoms. The van der Waals surface area contributed by atoms with Crippen LogP contribution in [0.5, 0.6) is 0 Å². The largest absolute Gasteiger partial charge is 0.338 e. The van der Waals surface area contributed by atoms with Crippen LogP contribution in [0.25, 0.3) is 0 Å². The lowest BCUT2D eigenvalue weighted by atomic mass is 10.0. The molecule has 1 aliphatic rings. The first kappa shape index (κ1) is 9.93. The number of hydrogen-bond donors (Lipinski definition) is 0. The van der Waals surface area contributed by atoms with Gasteiger partial charge in [0.25, 0.3) is 0 Å². The summed E-state index contributed by atoms with van der Waals surface area (Å²) in [6.07, 6.45) is 4.19. The number of anilines is 1. The number of aldehydes is 1. The van der Waals surface area contributed by atoms with E-state index in [0.717, 1.165) is 37.2 Å². The van der Waals surface area contributed by atoms with Crippen molar-refractivity contribution < 1.29 is 4.79 Å². The third-order valence-corrected chi connectivity index (χ3v) is 3.62. The summed E-state index contributed by atoms with van der Waals surface area (Å²) in [4.78, 5) is 17.1. The topological polar surface area (TPSA) is 33.2 Å². The van der Waals surface area contributed by atoms with Crippen LogP contribution in [0.15, 0.2) is 5.38 Å². The fourth-order valence-electron chi connectivity index (χ4n) is 1.71. The minimum Gasteiger partial charge on any atom is -0.338 e. The molecule has 0 aromatic carbocycles. The molecular formula is C9H11ClN2OS. The van der Waals surface area contributed by atoms with Crippen molar-refractivity contribution in [2.45, 2.75) is 25.3 Å². The summed E-state index contributed by atoms with van der Waals surface area (Å²) >= 11 is 7.25. The van der Waals surface area contributed by atoms with E-state index < -0.39 is 0 Å². The van der Waals surface area contributed by atoms with Gasteiger partial charge in [0, 0.05) is 11.9 Å². The summed E-state index contributed by atoms with van der Waals surface area (Å²) in [5, 5.41) is 3.18. The standard InChI is InChI=1S/C9H11ClN2OS/c10-8-6-14-9(11-8)12-4-2-1-3-7(12)5-13/h5-7H,1-4H2. The van der Waals surface area contributed by atoms with Crippen molar-refractivity contribution in [1.29, 1.82) is 0 Å². The van der Waals surface area contributed by atoms with Gasteiger partial charge in [0.2, 0.25) is 0 Å². The van der Waals surface area contributed by atoms with Gasteiger partial charge >= 0.3 is 0 Å². The molecule has 5 heteroatoms. The average molecular weight is 231 g/mol. The van der Waals surface area contributed by atoms with Crippen molar-refractivity contribution in [1.82, 2.24) is 4.98 Å². The Morgan fingerprint density at radius 2 is 2.50 bits per heavy atom. The molecule has 0 aliphatic carbocycles. The maximum atomic E-state index is 10.9. The Morgan fingerprint density at radius 1 is 1.64 bits per heavy atom. The molecule has 1 fully saturated rings. The van der Waals surface area contributed by atoms with Gasteiger partial charge < -0.3 is 9.69 Å². The molecule has 0 N–H and O–H groups in total. The van der Waals surface area contributed by atoms with E-state index >= 15 is 0 Å². The van der Waals surface area contributed by atoms with E-state index in [9.17, 15) is 4.79 Å². The zero-order valence-electron chi connectivity index (χ0n) is 7.65. The van der Waals surface area contributed by atoms with Gasteiger partial charge in [-0.25, -0.2) is 4.98 Å². The first-order chi connectivity index (χ1) is 6.81. The van der Waals surface area contributed by atoms with Crippen molar-refractivity contribution in [3.8, 4) is 0 Å². The SMILES string of the molecule is O=CC1CCCCN1c1nc(Cl)cs1. The lowest BCUT2D eigenvalue weighted by molar-refractivity contribution is -0.109. The number of carbonyl (C=O) groups excluding carboxylic acids is 1.